The summed E-state index contributed by atoms with van der Waals surface area (Å²) in [6.07, 6.45) is 0. The lowest BCUT2D eigenvalue weighted by Gasteiger charge is -2.07. The number of rotatable bonds is 6. The van der Waals surface area contributed by atoms with E-state index in [4.69, 9.17) is 34.8 Å². The van der Waals surface area contributed by atoms with Gasteiger partial charge in [0.25, 0.3) is 5.91 Å². The highest BCUT2D eigenvalue weighted by molar-refractivity contribution is 7.98. The number of hydrogen-bond acceptors (Lipinski definition) is 2. The monoisotopic (exact) mass is 373 g/mol. The van der Waals surface area contributed by atoms with Crippen LogP contribution < -0.4 is 5.32 Å². The van der Waals surface area contributed by atoms with Crippen molar-refractivity contribution in [2.24, 2.45) is 0 Å². The summed E-state index contributed by atoms with van der Waals surface area (Å²) in [5.74, 6) is 1.49. The zero-order valence-electron chi connectivity index (χ0n) is 11.6. The highest BCUT2D eigenvalue weighted by atomic mass is 35.5. The van der Waals surface area contributed by atoms with Gasteiger partial charge in [-0.1, -0.05) is 40.9 Å². The van der Waals surface area contributed by atoms with E-state index in [9.17, 15) is 4.79 Å². The van der Waals surface area contributed by atoms with Gasteiger partial charge in [-0.2, -0.15) is 11.8 Å². The number of hydrogen-bond donors (Lipinski definition) is 1. The van der Waals surface area contributed by atoms with Crippen molar-refractivity contribution in [3.63, 3.8) is 0 Å². The van der Waals surface area contributed by atoms with Crippen LogP contribution in [-0.4, -0.2) is 18.2 Å². The predicted molar refractivity (Wildman–Crippen MR) is 96.4 cm³/mol. The van der Waals surface area contributed by atoms with Crippen molar-refractivity contribution < 1.29 is 4.79 Å². The third-order valence-electron chi connectivity index (χ3n) is 2.91. The maximum Gasteiger partial charge on any atom is 0.251 e. The molecule has 0 unspecified atom stereocenters. The van der Waals surface area contributed by atoms with Crippen LogP contribution >= 0.6 is 46.6 Å². The molecule has 0 aliphatic carbocycles. The van der Waals surface area contributed by atoms with Gasteiger partial charge in [-0.05, 0) is 42.0 Å². The molecule has 2 nitrogen and oxygen atoms in total. The first kappa shape index (κ1) is 17.5. The molecule has 6 heteroatoms. The highest BCUT2D eigenvalue weighted by Gasteiger charge is 2.05. The van der Waals surface area contributed by atoms with Gasteiger partial charge in [0.15, 0.2) is 0 Å². The third-order valence-corrected chi connectivity index (χ3v) is 4.76. The summed E-state index contributed by atoms with van der Waals surface area (Å²) in [6.45, 7) is 0.595. The quantitative estimate of drug-likeness (QED) is 0.694. The number of amides is 1. The summed E-state index contributed by atoms with van der Waals surface area (Å²) in [6, 6.07) is 12.3. The van der Waals surface area contributed by atoms with E-state index in [1.54, 1.807) is 42.1 Å². The van der Waals surface area contributed by atoms with Gasteiger partial charge in [0.2, 0.25) is 0 Å². The second kappa shape index (κ2) is 8.68. The largest absolute Gasteiger partial charge is 0.351 e. The van der Waals surface area contributed by atoms with Gasteiger partial charge in [0.1, 0.15) is 0 Å². The van der Waals surface area contributed by atoms with Gasteiger partial charge in [-0.3, -0.25) is 4.79 Å². The van der Waals surface area contributed by atoms with E-state index in [1.807, 2.05) is 12.1 Å². The van der Waals surface area contributed by atoms with E-state index < -0.39 is 0 Å². The molecule has 0 saturated heterocycles. The number of nitrogens with one attached hydrogen (secondary N) is 1. The Labute approximate surface area is 149 Å². The summed E-state index contributed by atoms with van der Waals surface area (Å²) >= 11 is 19.5. The molecule has 2 aromatic carbocycles. The minimum atomic E-state index is -0.0956. The van der Waals surface area contributed by atoms with Crippen molar-refractivity contribution in [3.05, 3.63) is 68.7 Å². The molecule has 0 spiro atoms. The Hall–Kier alpha value is -0.870. The molecule has 22 heavy (non-hydrogen) atoms. The Morgan fingerprint density at radius 3 is 2.36 bits per heavy atom. The minimum absolute atomic E-state index is 0.0956. The van der Waals surface area contributed by atoms with E-state index >= 15 is 0 Å². The second-order valence-electron chi connectivity index (χ2n) is 4.55. The predicted octanol–water partition coefficient (Wildman–Crippen LogP) is 5.31. The number of benzene rings is 2. The molecule has 116 valence electrons. The first-order valence-electron chi connectivity index (χ1n) is 6.61. The zero-order chi connectivity index (χ0) is 15.9. The summed E-state index contributed by atoms with van der Waals surface area (Å²) in [7, 11) is 0. The minimum Gasteiger partial charge on any atom is -0.351 e. The first-order valence-corrected chi connectivity index (χ1v) is 8.90. The summed E-state index contributed by atoms with van der Waals surface area (Å²) in [4.78, 5) is 11.9. The topological polar surface area (TPSA) is 29.1 Å². The fraction of sp³-hybridized carbons (Fsp3) is 0.188. The Balaban J connectivity index is 1.71. The number of carbonyl (C=O) groups excluding carboxylic acids is 1. The van der Waals surface area contributed by atoms with Gasteiger partial charge in [0, 0.05) is 38.7 Å². The summed E-state index contributed by atoms with van der Waals surface area (Å²) < 4.78 is 0. The molecule has 0 fully saturated rings. The van der Waals surface area contributed by atoms with Gasteiger partial charge in [-0.25, -0.2) is 0 Å². The highest BCUT2D eigenvalue weighted by Crippen LogP contribution is 2.24. The Bertz CT molecular complexity index is 646. The molecular weight excluding hydrogens is 361 g/mol. The molecule has 1 amide bonds. The SMILES string of the molecule is O=C(NCCSCc1ccc(Cl)cc1Cl)c1ccc(Cl)cc1. The van der Waals surface area contributed by atoms with Crippen LogP contribution in [0.25, 0.3) is 0 Å². The molecule has 0 aliphatic rings. The lowest BCUT2D eigenvalue weighted by atomic mass is 10.2. The summed E-state index contributed by atoms with van der Waals surface area (Å²) in [5.41, 5.74) is 1.65. The van der Waals surface area contributed by atoms with E-state index in [2.05, 4.69) is 5.32 Å². The molecular formula is C16H14Cl3NOS. The van der Waals surface area contributed by atoms with Crippen LogP contribution in [0.1, 0.15) is 15.9 Å². The third kappa shape index (κ3) is 5.40. The fourth-order valence-electron chi connectivity index (χ4n) is 1.76. The lowest BCUT2D eigenvalue weighted by molar-refractivity contribution is 0.0956. The molecule has 0 aromatic heterocycles. The van der Waals surface area contributed by atoms with Crippen molar-refractivity contribution in [2.75, 3.05) is 12.3 Å². The van der Waals surface area contributed by atoms with Crippen LogP contribution in [-0.2, 0) is 5.75 Å². The van der Waals surface area contributed by atoms with E-state index in [-0.39, 0.29) is 5.91 Å². The molecule has 2 rings (SSSR count). The van der Waals surface area contributed by atoms with Crippen molar-refractivity contribution in [2.45, 2.75) is 5.75 Å². The van der Waals surface area contributed by atoms with Gasteiger partial charge >= 0.3 is 0 Å². The van der Waals surface area contributed by atoms with E-state index in [0.717, 1.165) is 17.1 Å². The van der Waals surface area contributed by atoms with E-state index in [1.165, 1.54) is 0 Å². The average Bonchev–Trinajstić information content (AvgIpc) is 2.49. The molecule has 2 aromatic rings. The molecule has 1 N–H and O–H groups in total. The Kier molecular flexibility index (Phi) is 6.90. The van der Waals surface area contributed by atoms with Crippen LogP contribution in [0.3, 0.4) is 0 Å². The van der Waals surface area contributed by atoms with Crippen molar-refractivity contribution in [1.82, 2.24) is 5.32 Å². The standard InChI is InChI=1S/C16H14Cl3NOS/c17-13-4-1-11(2-5-13)16(21)20-7-8-22-10-12-3-6-14(18)9-15(12)19/h1-6,9H,7-8,10H2,(H,20,21). The Morgan fingerprint density at radius 1 is 1.00 bits per heavy atom. The average molecular weight is 375 g/mol. The zero-order valence-corrected chi connectivity index (χ0v) is 14.7. The van der Waals surface area contributed by atoms with Crippen LogP contribution in [0.5, 0.6) is 0 Å². The molecule has 0 bridgehead atoms. The van der Waals surface area contributed by atoms with E-state index in [0.29, 0.717) is 27.2 Å². The fourth-order valence-corrected chi connectivity index (χ4v) is 3.30. The van der Waals surface area contributed by atoms with Crippen LogP contribution in [0.2, 0.25) is 15.1 Å². The van der Waals surface area contributed by atoms with Crippen LogP contribution in [0.15, 0.2) is 42.5 Å². The summed E-state index contributed by atoms with van der Waals surface area (Å²) in [5, 5.41) is 4.79. The number of carbonyl (C=O) groups is 1. The Morgan fingerprint density at radius 2 is 1.68 bits per heavy atom. The van der Waals surface area contributed by atoms with Crippen LogP contribution in [0.4, 0.5) is 0 Å². The lowest BCUT2D eigenvalue weighted by Crippen LogP contribution is -2.25. The smallest absolute Gasteiger partial charge is 0.251 e. The van der Waals surface area contributed by atoms with Gasteiger partial charge in [-0.15, -0.1) is 0 Å². The van der Waals surface area contributed by atoms with Crippen molar-refractivity contribution in [1.29, 1.82) is 0 Å². The van der Waals surface area contributed by atoms with Crippen molar-refractivity contribution >= 4 is 52.5 Å². The number of thioether (sulfide) groups is 1. The first-order chi connectivity index (χ1) is 10.6. The molecule has 0 atom stereocenters. The maximum absolute atomic E-state index is 11.9. The second-order valence-corrected chi connectivity index (χ2v) is 6.94. The molecule has 0 radical (unpaired) electrons. The molecule has 0 aliphatic heterocycles. The van der Waals surface area contributed by atoms with Gasteiger partial charge in [0.05, 0.1) is 0 Å². The number of halogens is 3. The van der Waals surface area contributed by atoms with Gasteiger partial charge < -0.3 is 5.32 Å². The van der Waals surface area contributed by atoms with Crippen LogP contribution in [0, 0.1) is 0 Å². The molecule has 0 saturated carbocycles. The normalized spacial score (nSPS) is 10.5. The maximum atomic E-state index is 11.9. The van der Waals surface area contributed by atoms with Crippen molar-refractivity contribution in [3.8, 4) is 0 Å². The molecule has 0 heterocycles.